The van der Waals surface area contributed by atoms with Gasteiger partial charge in [-0.3, -0.25) is 4.79 Å². The Morgan fingerprint density at radius 3 is 2.24 bits per heavy atom. The highest BCUT2D eigenvalue weighted by molar-refractivity contribution is 6.04. The number of aryl methyl sites for hydroxylation is 2. The average Bonchev–Trinajstić information content (AvgIpc) is 3.59. The summed E-state index contributed by atoms with van der Waals surface area (Å²) in [4.78, 5) is 25.8. The van der Waals surface area contributed by atoms with Crippen molar-refractivity contribution >= 4 is 17.6 Å². The molecule has 1 fully saturated rings. The molecule has 7 heteroatoms. The fourth-order valence-electron chi connectivity index (χ4n) is 4.89. The molecule has 38 heavy (non-hydrogen) atoms. The number of carbonyl (C=O) groups excluding carboxylic acids is 2. The van der Waals surface area contributed by atoms with Crippen molar-refractivity contribution in [1.82, 2.24) is 15.1 Å². The lowest BCUT2D eigenvalue weighted by Crippen LogP contribution is -2.30. The number of phenols is 1. The largest absolute Gasteiger partial charge is 0.507 e. The van der Waals surface area contributed by atoms with Gasteiger partial charge in [0.05, 0.1) is 11.4 Å². The molecule has 194 valence electrons. The first-order valence-corrected chi connectivity index (χ1v) is 13.0. The second kappa shape index (κ2) is 10.9. The van der Waals surface area contributed by atoms with Gasteiger partial charge in [0.1, 0.15) is 5.75 Å². The zero-order chi connectivity index (χ0) is 26.6. The number of nitrogens with zero attached hydrogens (tertiary/aromatic N) is 2. The predicted molar refractivity (Wildman–Crippen MR) is 148 cm³/mol. The highest BCUT2D eigenvalue weighted by Crippen LogP contribution is 2.38. The van der Waals surface area contributed by atoms with E-state index in [0.29, 0.717) is 29.1 Å². The fourth-order valence-corrected chi connectivity index (χ4v) is 4.89. The van der Waals surface area contributed by atoms with E-state index in [1.165, 1.54) is 16.3 Å². The normalized spacial score (nSPS) is 13.4. The number of aromatic hydroxyl groups is 1. The van der Waals surface area contributed by atoms with Crippen LogP contribution in [0.2, 0.25) is 0 Å². The second-order valence-electron chi connectivity index (χ2n) is 10.0. The maximum Gasteiger partial charge on any atom is 0.342 e. The molecule has 0 unspecified atom stereocenters. The average molecular weight is 509 g/mol. The lowest BCUT2D eigenvalue weighted by atomic mass is 10.0. The van der Waals surface area contributed by atoms with Crippen LogP contribution in [0.1, 0.15) is 64.3 Å². The van der Waals surface area contributed by atoms with Gasteiger partial charge >= 0.3 is 6.03 Å². The van der Waals surface area contributed by atoms with Crippen molar-refractivity contribution in [2.45, 2.75) is 52.0 Å². The molecular formula is C31H32N4O3. The third kappa shape index (κ3) is 5.62. The van der Waals surface area contributed by atoms with Crippen LogP contribution < -0.4 is 10.6 Å². The van der Waals surface area contributed by atoms with Gasteiger partial charge in [-0.05, 0) is 62.6 Å². The van der Waals surface area contributed by atoms with Crippen LogP contribution in [0.3, 0.4) is 0 Å². The van der Waals surface area contributed by atoms with Gasteiger partial charge in [0.25, 0.3) is 5.91 Å². The van der Waals surface area contributed by atoms with E-state index in [4.69, 9.17) is 0 Å². The maximum absolute atomic E-state index is 13.2. The molecule has 0 bridgehead atoms. The quantitative estimate of drug-likeness (QED) is 0.275. The number of rotatable bonds is 6. The fraction of sp³-hybridized carbons (Fsp3) is 0.258. The number of nitrogens with one attached hydrogen (secondary N) is 2. The van der Waals surface area contributed by atoms with E-state index in [1.807, 2.05) is 56.3 Å². The van der Waals surface area contributed by atoms with E-state index in [1.54, 1.807) is 24.3 Å². The Balaban J connectivity index is 1.37. The number of phenolic OH excluding ortho intramolecular Hbond substituents is 1. The molecule has 1 aromatic heterocycles. The second-order valence-corrected chi connectivity index (χ2v) is 10.0. The Morgan fingerprint density at radius 2 is 1.58 bits per heavy atom. The SMILES string of the molecule is Cc1ccc(CNC(=O)n2nc(-c3ccc(NC(=O)c4ccc(C)cc4)cc3O)cc2C2CCCC2)cc1. The summed E-state index contributed by atoms with van der Waals surface area (Å²) in [6, 6.07) is 21.9. The first-order chi connectivity index (χ1) is 18.4. The van der Waals surface area contributed by atoms with Gasteiger partial charge in [-0.2, -0.15) is 9.78 Å². The summed E-state index contributed by atoms with van der Waals surface area (Å²) in [5.74, 6) is -0.0267. The molecule has 1 aliphatic carbocycles. The highest BCUT2D eigenvalue weighted by Gasteiger charge is 2.26. The summed E-state index contributed by atoms with van der Waals surface area (Å²) >= 11 is 0. The van der Waals surface area contributed by atoms with Gasteiger partial charge in [-0.15, -0.1) is 0 Å². The third-order valence-electron chi connectivity index (χ3n) is 7.11. The first kappa shape index (κ1) is 25.3. The van der Waals surface area contributed by atoms with E-state index in [9.17, 15) is 14.7 Å². The molecule has 0 atom stereocenters. The van der Waals surface area contributed by atoms with E-state index in [-0.39, 0.29) is 23.6 Å². The van der Waals surface area contributed by atoms with Crippen molar-refractivity contribution in [3.8, 4) is 17.0 Å². The van der Waals surface area contributed by atoms with Gasteiger partial charge in [0.2, 0.25) is 0 Å². The molecule has 0 radical (unpaired) electrons. The number of hydrogen-bond acceptors (Lipinski definition) is 4. The highest BCUT2D eigenvalue weighted by atomic mass is 16.3. The smallest absolute Gasteiger partial charge is 0.342 e. The van der Waals surface area contributed by atoms with Crippen LogP contribution in [0.15, 0.2) is 72.8 Å². The Morgan fingerprint density at radius 1 is 0.921 bits per heavy atom. The van der Waals surface area contributed by atoms with Crippen molar-refractivity contribution in [2.75, 3.05) is 5.32 Å². The van der Waals surface area contributed by atoms with Crippen LogP contribution in [0.4, 0.5) is 10.5 Å². The van der Waals surface area contributed by atoms with Gasteiger partial charge in [0, 0.05) is 35.3 Å². The summed E-state index contributed by atoms with van der Waals surface area (Å²) in [5, 5.41) is 21.3. The maximum atomic E-state index is 13.2. The molecule has 4 aromatic rings. The van der Waals surface area contributed by atoms with Crippen LogP contribution >= 0.6 is 0 Å². The number of anilines is 1. The Kier molecular flexibility index (Phi) is 7.26. The van der Waals surface area contributed by atoms with Crippen molar-refractivity contribution in [3.63, 3.8) is 0 Å². The van der Waals surface area contributed by atoms with Gasteiger partial charge in [-0.25, -0.2) is 4.79 Å². The number of amides is 2. The first-order valence-electron chi connectivity index (χ1n) is 13.0. The van der Waals surface area contributed by atoms with Crippen molar-refractivity contribution in [2.24, 2.45) is 0 Å². The number of benzene rings is 3. The molecule has 1 heterocycles. The summed E-state index contributed by atoms with van der Waals surface area (Å²) in [6.07, 6.45) is 4.26. The molecule has 0 spiro atoms. The third-order valence-corrected chi connectivity index (χ3v) is 7.11. The van der Waals surface area contributed by atoms with E-state index < -0.39 is 0 Å². The molecule has 1 aliphatic rings. The van der Waals surface area contributed by atoms with Crippen LogP contribution in [0.5, 0.6) is 5.75 Å². The molecule has 3 aromatic carbocycles. The van der Waals surface area contributed by atoms with Crippen molar-refractivity contribution in [3.05, 3.63) is 101 Å². The molecule has 3 N–H and O–H groups in total. The van der Waals surface area contributed by atoms with E-state index in [0.717, 1.165) is 42.5 Å². The summed E-state index contributed by atoms with van der Waals surface area (Å²) in [6.45, 7) is 4.39. The monoisotopic (exact) mass is 508 g/mol. The standard InChI is InChI=1S/C31H32N4O3/c1-20-7-11-22(12-8-20)19-32-31(38)35-28(23-5-3-4-6-23)18-27(34-35)26-16-15-25(17-29(26)36)33-30(37)24-13-9-21(2)10-14-24/h7-18,23,36H,3-6,19H2,1-2H3,(H,32,38)(H,33,37). The zero-order valence-electron chi connectivity index (χ0n) is 21.7. The molecule has 0 aliphatic heterocycles. The van der Waals surface area contributed by atoms with Gasteiger partial charge in [0.15, 0.2) is 0 Å². The molecule has 0 saturated heterocycles. The molecule has 5 rings (SSSR count). The lowest BCUT2D eigenvalue weighted by Gasteiger charge is -2.12. The summed E-state index contributed by atoms with van der Waals surface area (Å²) < 4.78 is 1.45. The van der Waals surface area contributed by atoms with Gasteiger partial charge < -0.3 is 15.7 Å². The van der Waals surface area contributed by atoms with Crippen molar-refractivity contribution in [1.29, 1.82) is 0 Å². The lowest BCUT2D eigenvalue weighted by molar-refractivity contribution is 0.102. The van der Waals surface area contributed by atoms with Crippen LogP contribution in [0.25, 0.3) is 11.3 Å². The number of carbonyl (C=O) groups is 2. The summed E-state index contributed by atoms with van der Waals surface area (Å²) in [5.41, 5.74) is 6.15. The zero-order valence-corrected chi connectivity index (χ0v) is 21.7. The van der Waals surface area contributed by atoms with E-state index in [2.05, 4.69) is 15.7 Å². The number of aromatic nitrogens is 2. The van der Waals surface area contributed by atoms with Crippen molar-refractivity contribution < 1.29 is 14.7 Å². The minimum Gasteiger partial charge on any atom is -0.507 e. The van der Waals surface area contributed by atoms with Crippen LogP contribution in [0, 0.1) is 13.8 Å². The molecular weight excluding hydrogens is 476 g/mol. The molecule has 1 saturated carbocycles. The minimum atomic E-state index is -0.291. The van der Waals surface area contributed by atoms with Crippen LogP contribution in [-0.2, 0) is 6.54 Å². The molecule has 2 amide bonds. The molecule has 7 nitrogen and oxygen atoms in total. The van der Waals surface area contributed by atoms with Crippen LogP contribution in [-0.4, -0.2) is 26.8 Å². The minimum absolute atomic E-state index is 0.0191. The number of hydrogen-bond donors (Lipinski definition) is 3. The Labute approximate surface area is 222 Å². The Bertz CT molecular complexity index is 1450. The summed E-state index contributed by atoms with van der Waals surface area (Å²) in [7, 11) is 0. The van der Waals surface area contributed by atoms with E-state index >= 15 is 0 Å². The Hall–Kier alpha value is -4.39. The topological polar surface area (TPSA) is 96.3 Å². The van der Waals surface area contributed by atoms with Gasteiger partial charge in [-0.1, -0.05) is 60.4 Å². The predicted octanol–water partition coefficient (Wildman–Crippen LogP) is 6.54.